The first-order valence-electron chi connectivity index (χ1n) is 27.3. The fourth-order valence-electron chi connectivity index (χ4n) is 7.67. The van der Waals surface area contributed by atoms with E-state index in [9.17, 15) is 24.6 Å². The van der Waals surface area contributed by atoms with E-state index in [2.05, 4.69) is 69.4 Å². The van der Waals surface area contributed by atoms with Crippen LogP contribution >= 0.6 is 0 Å². The minimum Gasteiger partial charge on any atom is -0.462 e. The van der Waals surface area contributed by atoms with E-state index in [-0.39, 0.29) is 49.8 Å². The Kier molecular flexibility index (Phi) is 48.6. The lowest BCUT2D eigenvalue weighted by molar-refractivity contribution is -0.167. The molecule has 0 bridgehead atoms. The zero-order chi connectivity index (χ0) is 47.5. The van der Waals surface area contributed by atoms with Gasteiger partial charge in [-0.1, -0.05) is 191 Å². The number of carbonyl (C=O) groups is 3. The molecule has 0 heterocycles. The van der Waals surface area contributed by atoms with E-state index in [1.165, 1.54) is 64.2 Å². The predicted molar refractivity (Wildman–Crippen MR) is 273 cm³/mol. The number of carbonyl (C=O) groups excluding carboxylic acids is 3. The molecule has 2 N–H and O–H groups in total. The van der Waals surface area contributed by atoms with E-state index in [0.29, 0.717) is 12.8 Å². The van der Waals surface area contributed by atoms with Crippen molar-refractivity contribution in [3.63, 3.8) is 0 Å². The number of ether oxygens (including phenoxy) is 3. The summed E-state index contributed by atoms with van der Waals surface area (Å²) in [5, 5.41) is 20.2. The first-order chi connectivity index (χ1) is 31.8. The zero-order valence-electron chi connectivity index (χ0n) is 42.5. The summed E-state index contributed by atoms with van der Waals surface area (Å²) in [6.07, 6.45) is 54.1. The van der Waals surface area contributed by atoms with Gasteiger partial charge in [0.05, 0.1) is 12.2 Å². The smallest absolute Gasteiger partial charge is 0.306 e. The highest BCUT2D eigenvalue weighted by Gasteiger charge is 2.19. The van der Waals surface area contributed by atoms with Crippen LogP contribution < -0.4 is 0 Å². The van der Waals surface area contributed by atoms with E-state index >= 15 is 0 Å². The number of aliphatic hydroxyl groups excluding tert-OH is 2. The standard InChI is InChI=1S/C57H102O8/c1-4-7-10-13-14-15-16-17-18-19-20-21-28-33-40-47-55(60)63-50-54(65-57(62)49-42-35-30-25-23-27-32-39-46-53(59)44-37-12-9-6-3)51-64-56(61)48-41-34-29-24-22-26-31-38-45-52(58)43-36-11-8-5-2/h14-15,17-18,31-32,38-39,52-54,58-59H,4-13,16,19-30,33-37,40-51H2,1-3H3/b15-14+,18-17+,38-31-,39-32-/t52-,53-,54+/m0/s1. The van der Waals surface area contributed by atoms with Crippen molar-refractivity contribution in [3.05, 3.63) is 48.6 Å². The molecule has 0 fully saturated rings. The molecule has 0 aliphatic rings. The fourth-order valence-corrected chi connectivity index (χ4v) is 7.67. The molecule has 0 saturated carbocycles. The number of rotatable bonds is 49. The molecule has 0 aliphatic carbocycles. The van der Waals surface area contributed by atoms with Gasteiger partial charge in [0.1, 0.15) is 13.2 Å². The molecule has 0 rings (SSSR count). The summed E-state index contributed by atoms with van der Waals surface area (Å²) < 4.78 is 16.8. The average Bonchev–Trinajstić information content (AvgIpc) is 3.30. The highest BCUT2D eigenvalue weighted by Crippen LogP contribution is 2.15. The van der Waals surface area contributed by atoms with Crippen LogP contribution in [0.3, 0.4) is 0 Å². The molecule has 0 radical (unpaired) electrons. The van der Waals surface area contributed by atoms with Gasteiger partial charge in [0.25, 0.3) is 0 Å². The molecule has 0 aromatic heterocycles. The van der Waals surface area contributed by atoms with Gasteiger partial charge in [-0.05, 0) is 103 Å². The number of aliphatic hydroxyl groups is 2. The van der Waals surface area contributed by atoms with Crippen molar-refractivity contribution in [1.29, 1.82) is 0 Å². The molecule has 0 aliphatic heterocycles. The summed E-state index contributed by atoms with van der Waals surface area (Å²) in [6, 6.07) is 0. The molecule has 65 heavy (non-hydrogen) atoms. The van der Waals surface area contributed by atoms with E-state index in [0.717, 1.165) is 161 Å². The second-order valence-electron chi connectivity index (χ2n) is 18.5. The molecule has 3 atom stereocenters. The van der Waals surface area contributed by atoms with Crippen molar-refractivity contribution >= 4 is 17.9 Å². The molecule has 0 aromatic carbocycles. The minimum atomic E-state index is -0.822. The Hall–Kier alpha value is -2.71. The molecule has 0 unspecified atom stereocenters. The lowest BCUT2D eigenvalue weighted by Crippen LogP contribution is -2.30. The van der Waals surface area contributed by atoms with Gasteiger partial charge in [0, 0.05) is 19.3 Å². The Morgan fingerprint density at radius 2 is 0.708 bits per heavy atom. The largest absolute Gasteiger partial charge is 0.462 e. The van der Waals surface area contributed by atoms with Crippen molar-refractivity contribution in [3.8, 4) is 0 Å². The number of hydrogen-bond acceptors (Lipinski definition) is 8. The fraction of sp³-hybridized carbons (Fsp3) is 0.807. The van der Waals surface area contributed by atoms with Gasteiger partial charge in [-0.3, -0.25) is 14.4 Å². The maximum absolute atomic E-state index is 12.8. The number of esters is 3. The SMILES string of the molecule is CCCCC/C=C/C/C=C/CCCCCCCC(=O)OC[C@H](COC(=O)CCCCCCC/C=C\C[C@@H](O)CCCCCC)OC(=O)CCCCCCC/C=C\C[C@@H](O)CCCCCC. The third kappa shape index (κ3) is 49.0. The highest BCUT2D eigenvalue weighted by molar-refractivity contribution is 5.71. The second kappa shape index (κ2) is 50.7. The van der Waals surface area contributed by atoms with Crippen LogP contribution in [0.2, 0.25) is 0 Å². The van der Waals surface area contributed by atoms with Gasteiger partial charge in [0.15, 0.2) is 6.10 Å². The first-order valence-corrected chi connectivity index (χ1v) is 27.3. The maximum Gasteiger partial charge on any atom is 0.306 e. The third-order valence-electron chi connectivity index (χ3n) is 11.9. The number of allylic oxidation sites excluding steroid dienone is 6. The maximum atomic E-state index is 12.8. The molecule has 0 saturated heterocycles. The van der Waals surface area contributed by atoms with Crippen molar-refractivity contribution in [2.75, 3.05) is 13.2 Å². The Bertz CT molecular complexity index is 1180. The predicted octanol–water partition coefficient (Wildman–Crippen LogP) is 15.8. The lowest BCUT2D eigenvalue weighted by atomic mass is 10.1. The third-order valence-corrected chi connectivity index (χ3v) is 11.9. The van der Waals surface area contributed by atoms with Crippen LogP contribution in [0.15, 0.2) is 48.6 Å². The summed E-state index contributed by atoms with van der Waals surface area (Å²) >= 11 is 0. The van der Waals surface area contributed by atoms with Gasteiger partial charge in [-0.25, -0.2) is 0 Å². The quantitative estimate of drug-likeness (QED) is 0.0268. The monoisotopic (exact) mass is 915 g/mol. The number of unbranched alkanes of at least 4 members (excludes halogenated alkanes) is 24. The first kappa shape index (κ1) is 62.3. The van der Waals surface area contributed by atoms with Crippen LogP contribution in [0.25, 0.3) is 0 Å². The summed E-state index contributed by atoms with van der Waals surface area (Å²) in [4.78, 5) is 38.1. The average molecular weight is 915 g/mol. The van der Waals surface area contributed by atoms with Gasteiger partial charge in [0.2, 0.25) is 0 Å². The van der Waals surface area contributed by atoms with Crippen molar-refractivity contribution in [2.45, 2.75) is 283 Å². The Morgan fingerprint density at radius 1 is 0.385 bits per heavy atom. The number of hydrogen-bond donors (Lipinski definition) is 2. The van der Waals surface area contributed by atoms with Crippen LogP contribution in [0.4, 0.5) is 0 Å². The Morgan fingerprint density at radius 3 is 1.12 bits per heavy atom. The normalized spacial score (nSPS) is 13.4. The molecular formula is C57H102O8. The van der Waals surface area contributed by atoms with E-state index in [1.54, 1.807) is 0 Å². The van der Waals surface area contributed by atoms with Crippen LogP contribution in [0.5, 0.6) is 0 Å². The van der Waals surface area contributed by atoms with Crippen molar-refractivity contribution < 1.29 is 38.8 Å². The highest BCUT2D eigenvalue weighted by atomic mass is 16.6. The minimum absolute atomic E-state index is 0.117. The van der Waals surface area contributed by atoms with E-state index in [1.807, 2.05) is 0 Å². The topological polar surface area (TPSA) is 119 Å². The van der Waals surface area contributed by atoms with Gasteiger partial charge < -0.3 is 24.4 Å². The summed E-state index contributed by atoms with van der Waals surface area (Å²) in [7, 11) is 0. The van der Waals surface area contributed by atoms with Gasteiger partial charge >= 0.3 is 17.9 Å². The van der Waals surface area contributed by atoms with Crippen molar-refractivity contribution in [2.24, 2.45) is 0 Å². The molecule has 8 nitrogen and oxygen atoms in total. The van der Waals surface area contributed by atoms with Crippen LogP contribution in [0.1, 0.15) is 265 Å². The second-order valence-corrected chi connectivity index (χ2v) is 18.5. The molecule has 0 aromatic rings. The molecule has 8 heteroatoms. The van der Waals surface area contributed by atoms with Gasteiger partial charge in [-0.15, -0.1) is 0 Å². The molecule has 378 valence electrons. The van der Waals surface area contributed by atoms with E-state index < -0.39 is 6.10 Å². The molecule has 0 spiro atoms. The zero-order valence-corrected chi connectivity index (χ0v) is 42.5. The lowest BCUT2D eigenvalue weighted by Gasteiger charge is -2.18. The van der Waals surface area contributed by atoms with Gasteiger partial charge in [-0.2, -0.15) is 0 Å². The van der Waals surface area contributed by atoms with Crippen molar-refractivity contribution in [1.82, 2.24) is 0 Å². The molecule has 0 amide bonds. The molecular weight excluding hydrogens is 813 g/mol. The van der Waals surface area contributed by atoms with Crippen LogP contribution in [0, 0.1) is 0 Å². The van der Waals surface area contributed by atoms with E-state index in [4.69, 9.17) is 14.2 Å². The Balaban J connectivity index is 4.49. The van der Waals surface area contributed by atoms with Crippen LogP contribution in [-0.4, -0.2) is 59.6 Å². The summed E-state index contributed by atoms with van der Waals surface area (Å²) in [5.41, 5.74) is 0. The Labute approximate surface area is 400 Å². The van der Waals surface area contributed by atoms with Crippen LogP contribution in [-0.2, 0) is 28.6 Å². The summed E-state index contributed by atoms with van der Waals surface area (Å²) in [6.45, 7) is 6.39. The summed E-state index contributed by atoms with van der Waals surface area (Å²) in [5.74, 6) is -1.00.